The first-order valence-electron chi connectivity index (χ1n) is 12.7. The third-order valence-electron chi connectivity index (χ3n) is 6.24. The molecule has 0 saturated carbocycles. The summed E-state index contributed by atoms with van der Waals surface area (Å²) in [5.74, 6) is -2.77. The van der Waals surface area contributed by atoms with E-state index in [1.807, 2.05) is 6.07 Å². The second kappa shape index (κ2) is 11.6. The molecule has 0 aliphatic carbocycles. The number of piperazine rings is 1. The molecule has 0 spiro atoms. The zero-order chi connectivity index (χ0) is 29.0. The third kappa shape index (κ3) is 6.11. The average molecular weight is 550 g/mol. The Kier molecular flexibility index (Phi) is 8.17. The summed E-state index contributed by atoms with van der Waals surface area (Å²) in [6.45, 7) is 5.73. The van der Waals surface area contributed by atoms with Gasteiger partial charge in [-0.2, -0.15) is 0 Å². The molecule has 1 fully saturated rings. The largest absolute Gasteiger partial charge is 0.494 e. The Bertz CT molecular complexity index is 1450. The number of hydrogen-bond donors (Lipinski definition) is 2. The molecule has 0 bridgehead atoms. The molecule has 1 saturated heterocycles. The van der Waals surface area contributed by atoms with Crippen LogP contribution in [0.4, 0.5) is 0 Å². The highest BCUT2D eigenvalue weighted by Crippen LogP contribution is 2.30. The van der Waals surface area contributed by atoms with Gasteiger partial charge in [0.15, 0.2) is 5.69 Å². The van der Waals surface area contributed by atoms with E-state index >= 15 is 0 Å². The Labute approximate surface area is 230 Å². The molecule has 0 radical (unpaired) electrons. The molecule has 0 atom stereocenters. The minimum Gasteiger partial charge on any atom is -0.494 e. The number of rotatable bonds is 7. The van der Waals surface area contributed by atoms with Gasteiger partial charge in [0.1, 0.15) is 17.9 Å². The van der Waals surface area contributed by atoms with Crippen molar-refractivity contribution in [2.45, 2.75) is 26.4 Å². The van der Waals surface area contributed by atoms with E-state index in [4.69, 9.17) is 9.47 Å². The topological polar surface area (TPSA) is 151 Å². The van der Waals surface area contributed by atoms with Gasteiger partial charge in [-0.15, -0.1) is 0 Å². The monoisotopic (exact) mass is 549 g/mol. The molecule has 4 rings (SSSR count). The van der Waals surface area contributed by atoms with Crippen LogP contribution in [0.15, 0.2) is 42.7 Å². The van der Waals surface area contributed by atoms with Crippen molar-refractivity contribution in [3.8, 4) is 5.75 Å². The van der Waals surface area contributed by atoms with Crippen LogP contribution >= 0.6 is 0 Å². The van der Waals surface area contributed by atoms with E-state index in [2.05, 4.69) is 15.3 Å². The van der Waals surface area contributed by atoms with Gasteiger partial charge in [-0.3, -0.25) is 24.0 Å². The fourth-order valence-corrected chi connectivity index (χ4v) is 4.37. The number of nitrogens with zero attached hydrogens (tertiary/aromatic N) is 3. The van der Waals surface area contributed by atoms with Crippen LogP contribution in [0.2, 0.25) is 0 Å². The maximum absolute atomic E-state index is 13.3. The number of hydrogen-bond acceptors (Lipinski definition) is 8. The maximum atomic E-state index is 13.3. The van der Waals surface area contributed by atoms with E-state index < -0.39 is 29.2 Å². The molecule has 1 aliphatic rings. The minimum atomic E-state index is -0.793. The van der Waals surface area contributed by atoms with Crippen molar-refractivity contribution in [2.24, 2.45) is 0 Å². The first-order chi connectivity index (χ1) is 19.0. The number of methoxy groups -OCH3 is 1. The van der Waals surface area contributed by atoms with Crippen LogP contribution in [0.1, 0.15) is 52.0 Å². The Morgan fingerprint density at radius 1 is 1.00 bits per heavy atom. The number of Topliss-reactive ketones (excluding diaryl/α,β-unsaturated/α-hetero) is 1. The Hall–Kier alpha value is -4.74. The second-order valence-electron chi connectivity index (χ2n) is 10.2. The number of fused-ring (bicyclic) bond motifs is 1. The average Bonchev–Trinajstić information content (AvgIpc) is 3.39. The number of benzene rings is 1. The van der Waals surface area contributed by atoms with E-state index in [9.17, 15) is 24.0 Å². The fourth-order valence-electron chi connectivity index (χ4n) is 4.37. The van der Waals surface area contributed by atoms with Gasteiger partial charge in [0.25, 0.3) is 23.5 Å². The predicted octanol–water partition coefficient (Wildman–Crippen LogP) is 1.81. The fraction of sp³-hybridized carbons (Fsp3) is 0.357. The Morgan fingerprint density at radius 2 is 1.65 bits per heavy atom. The van der Waals surface area contributed by atoms with Gasteiger partial charge in [0.05, 0.1) is 29.8 Å². The molecule has 0 unspecified atom stereocenters. The number of carbonyl (C=O) groups excluding carboxylic acids is 5. The number of H-pyrrole nitrogens is 1. The predicted molar refractivity (Wildman–Crippen MR) is 144 cm³/mol. The van der Waals surface area contributed by atoms with Crippen molar-refractivity contribution < 1.29 is 33.4 Å². The second-order valence-corrected chi connectivity index (χ2v) is 10.2. The van der Waals surface area contributed by atoms with Gasteiger partial charge in [-0.1, -0.05) is 18.2 Å². The van der Waals surface area contributed by atoms with Crippen LogP contribution in [-0.2, 0) is 14.3 Å². The maximum Gasteiger partial charge on any atom is 0.325 e. The number of nitrogens with one attached hydrogen (secondary N) is 2. The van der Waals surface area contributed by atoms with Gasteiger partial charge in [-0.25, -0.2) is 4.98 Å². The summed E-state index contributed by atoms with van der Waals surface area (Å²) in [5, 5.41) is 2.68. The van der Waals surface area contributed by atoms with Gasteiger partial charge in [0.2, 0.25) is 0 Å². The van der Waals surface area contributed by atoms with E-state index in [1.165, 1.54) is 24.4 Å². The number of pyridine rings is 1. The number of aromatic nitrogens is 2. The zero-order valence-corrected chi connectivity index (χ0v) is 22.8. The highest BCUT2D eigenvalue weighted by Gasteiger charge is 2.32. The van der Waals surface area contributed by atoms with Crippen molar-refractivity contribution in [1.29, 1.82) is 0 Å². The lowest BCUT2D eigenvalue weighted by molar-refractivity contribution is -0.153. The van der Waals surface area contributed by atoms with E-state index in [0.717, 1.165) is 0 Å². The molecule has 12 heteroatoms. The number of ether oxygens (including phenoxy) is 2. The van der Waals surface area contributed by atoms with Gasteiger partial charge < -0.3 is 29.6 Å². The number of ketones is 1. The minimum absolute atomic E-state index is 0.0169. The summed E-state index contributed by atoms with van der Waals surface area (Å²) >= 11 is 0. The smallest absolute Gasteiger partial charge is 0.325 e. The van der Waals surface area contributed by atoms with Gasteiger partial charge in [0, 0.05) is 37.9 Å². The molecule has 1 aromatic carbocycles. The van der Waals surface area contributed by atoms with Crippen LogP contribution < -0.4 is 10.1 Å². The van der Waals surface area contributed by atoms with Crippen LogP contribution in [-0.4, -0.2) is 94.7 Å². The van der Waals surface area contributed by atoms with E-state index in [0.29, 0.717) is 5.56 Å². The van der Waals surface area contributed by atoms with Crippen molar-refractivity contribution in [1.82, 2.24) is 25.1 Å². The van der Waals surface area contributed by atoms with Crippen molar-refractivity contribution in [3.05, 3.63) is 59.5 Å². The first kappa shape index (κ1) is 28.3. The highest BCUT2D eigenvalue weighted by molar-refractivity contribution is 6.45. The quantitative estimate of drug-likeness (QED) is 0.257. The Balaban J connectivity index is 1.48. The zero-order valence-electron chi connectivity index (χ0n) is 22.8. The van der Waals surface area contributed by atoms with Crippen LogP contribution in [0.25, 0.3) is 10.9 Å². The summed E-state index contributed by atoms with van der Waals surface area (Å²) in [5.41, 5.74) is -0.0416. The standard InChI is InChI=1S/C28H31N5O7/c1-28(2,3)40-20(34)16-31-25(36)23-22-21(19(39-4)15-30-23)18(14-29-22)24(35)27(38)33-12-10-32(11-13-33)26(37)17-8-6-5-7-9-17/h5-9,14-15,29H,10-13,16H2,1-4H3,(H,31,36). The summed E-state index contributed by atoms with van der Waals surface area (Å²) in [6.07, 6.45) is 2.60. The Morgan fingerprint density at radius 3 is 2.27 bits per heavy atom. The number of esters is 1. The molecule has 210 valence electrons. The van der Waals surface area contributed by atoms with Crippen molar-refractivity contribution >= 4 is 40.4 Å². The summed E-state index contributed by atoms with van der Waals surface area (Å²) in [7, 11) is 1.38. The third-order valence-corrected chi connectivity index (χ3v) is 6.24. The summed E-state index contributed by atoms with van der Waals surface area (Å²) in [6, 6.07) is 8.86. The molecule has 12 nitrogen and oxygen atoms in total. The molecule has 3 amide bonds. The molecule has 2 N–H and O–H groups in total. The normalized spacial score (nSPS) is 13.6. The number of amides is 3. The lowest BCUT2D eigenvalue weighted by atomic mass is 10.1. The summed E-state index contributed by atoms with van der Waals surface area (Å²) < 4.78 is 10.6. The molecule has 3 aromatic rings. The molecule has 2 aromatic heterocycles. The van der Waals surface area contributed by atoms with E-state index in [-0.39, 0.29) is 66.5 Å². The molecular weight excluding hydrogens is 518 g/mol. The van der Waals surface area contributed by atoms with Gasteiger partial charge >= 0.3 is 5.97 Å². The van der Waals surface area contributed by atoms with Crippen LogP contribution in [0.3, 0.4) is 0 Å². The molecule has 3 heterocycles. The molecule has 40 heavy (non-hydrogen) atoms. The number of carbonyl (C=O) groups is 5. The lowest BCUT2D eigenvalue weighted by Gasteiger charge is -2.34. The van der Waals surface area contributed by atoms with E-state index in [1.54, 1.807) is 49.9 Å². The van der Waals surface area contributed by atoms with Crippen molar-refractivity contribution in [2.75, 3.05) is 39.8 Å². The van der Waals surface area contributed by atoms with Crippen molar-refractivity contribution in [3.63, 3.8) is 0 Å². The van der Waals surface area contributed by atoms with Gasteiger partial charge in [-0.05, 0) is 32.9 Å². The SMILES string of the molecule is COc1cnc(C(=O)NCC(=O)OC(C)(C)C)c2[nH]cc(C(=O)C(=O)N3CCN(C(=O)c4ccccc4)CC3)c12. The molecular formula is C28H31N5O7. The molecule has 1 aliphatic heterocycles. The van der Waals surface area contributed by atoms with Crippen LogP contribution in [0, 0.1) is 0 Å². The lowest BCUT2D eigenvalue weighted by Crippen LogP contribution is -2.52. The highest BCUT2D eigenvalue weighted by atomic mass is 16.6. The summed E-state index contributed by atoms with van der Waals surface area (Å²) in [4.78, 5) is 74.1. The van der Waals surface area contributed by atoms with Crippen LogP contribution in [0.5, 0.6) is 5.75 Å². The first-order valence-corrected chi connectivity index (χ1v) is 12.7. The number of aromatic amines is 1.